The Morgan fingerprint density at radius 2 is 1.80 bits per heavy atom. The standard InChI is InChI=1S/C35H40FN5O5/c1-22-18-41(23(2)21-42)34(44)17-24-15-28(37-33(43)16-25-19-39(3)30-8-6-5-7-29(25)30)13-14-31(24)46-32(22)20-40(4)35(45)38-27-11-9-26(36)10-12-27/h5-15,19,22-23,32,42H,16-18,20-21H2,1-4H3,(H,37,43)(H,38,45)/t22-,23-,32-/m1/s1. The summed E-state index contributed by atoms with van der Waals surface area (Å²) in [5.41, 5.74) is 3.52. The first-order chi connectivity index (χ1) is 22.0. The molecule has 3 aromatic carbocycles. The summed E-state index contributed by atoms with van der Waals surface area (Å²) in [7, 11) is 3.58. The molecule has 0 spiro atoms. The Bertz CT molecular complexity index is 1720. The van der Waals surface area contributed by atoms with Gasteiger partial charge in [-0.3, -0.25) is 9.59 Å². The van der Waals surface area contributed by atoms with Crippen LogP contribution in [0.2, 0.25) is 0 Å². The van der Waals surface area contributed by atoms with Crippen molar-refractivity contribution in [3.63, 3.8) is 0 Å². The van der Waals surface area contributed by atoms with Crippen LogP contribution in [0.25, 0.3) is 10.9 Å². The average Bonchev–Trinajstić information content (AvgIpc) is 3.36. The summed E-state index contributed by atoms with van der Waals surface area (Å²) in [6.07, 6.45) is 1.62. The average molecular weight is 630 g/mol. The molecule has 0 radical (unpaired) electrons. The number of nitrogens with zero attached hydrogens (tertiary/aromatic N) is 3. The molecule has 4 aromatic rings. The maximum Gasteiger partial charge on any atom is 0.321 e. The van der Waals surface area contributed by atoms with E-state index in [0.717, 1.165) is 16.5 Å². The summed E-state index contributed by atoms with van der Waals surface area (Å²) in [5, 5.41) is 16.7. The van der Waals surface area contributed by atoms with Crippen LogP contribution in [0.4, 0.5) is 20.6 Å². The van der Waals surface area contributed by atoms with Gasteiger partial charge in [0.1, 0.15) is 17.7 Å². The zero-order chi connectivity index (χ0) is 33.0. The van der Waals surface area contributed by atoms with Gasteiger partial charge in [0.25, 0.3) is 0 Å². The summed E-state index contributed by atoms with van der Waals surface area (Å²) < 4.78 is 21.8. The Kier molecular flexibility index (Phi) is 9.91. The number of nitrogens with one attached hydrogen (secondary N) is 2. The Morgan fingerprint density at radius 3 is 2.54 bits per heavy atom. The Balaban J connectivity index is 1.36. The molecule has 2 heterocycles. The number of halogens is 1. The molecule has 10 nitrogen and oxygen atoms in total. The summed E-state index contributed by atoms with van der Waals surface area (Å²) >= 11 is 0. The van der Waals surface area contributed by atoms with Gasteiger partial charge in [-0.05, 0) is 61.0 Å². The summed E-state index contributed by atoms with van der Waals surface area (Å²) in [4.78, 5) is 42.8. The van der Waals surface area contributed by atoms with Crippen molar-refractivity contribution in [3.05, 3.63) is 89.9 Å². The van der Waals surface area contributed by atoms with Crippen LogP contribution in [0.15, 0.2) is 72.9 Å². The van der Waals surface area contributed by atoms with Crippen molar-refractivity contribution in [2.45, 2.75) is 38.8 Å². The molecule has 3 N–H and O–H groups in total. The van der Waals surface area contributed by atoms with E-state index in [1.165, 1.54) is 29.2 Å². The number of likely N-dealkylation sites (N-methyl/N-ethyl adjacent to an activating group) is 1. The normalized spacial score (nSPS) is 17.3. The molecule has 0 bridgehead atoms. The van der Waals surface area contributed by atoms with Gasteiger partial charge in [0, 0.05) is 60.6 Å². The molecular formula is C35H40FN5O5. The van der Waals surface area contributed by atoms with E-state index in [4.69, 9.17) is 4.74 Å². The molecule has 1 aromatic heterocycles. The molecule has 1 aliphatic rings. The lowest BCUT2D eigenvalue weighted by atomic mass is 10.0. The van der Waals surface area contributed by atoms with Crippen molar-refractivity contribution >= 4 is 40.1 Å². The van der Waals surface area contributed by atoms with Crippen LogP contribution in [-0.2, 0) is 29.5 Å². The van der Waals surface area contributed by atoms with E-state index in [9.17, 15) is 23.9 Å². The smallest absolute Gasteiger partial charge is 0.321 e. The Morgan fingerprint density at radius 1 is 1.09 bits per heavy atom. The number of fused-ring (bicyclic) bond motifs is 2. The van der Waals surface area contributed by atoms with E-state index in [-0.39, 0.29) is 43.7 Å². The lowest BCUT2D eigenvalue weighted by Crippen LogP contribution is -2.48. The number of benzene rings is 3. The Hall–Kier alpha value is -4.90. The monoisotopic (exact) mass is 629 g/mol. The quantitative estimate of drug-likeness (QED) is 0.259. The number of aryl methyl sites for hydroxylation is 1. The lowest BCUT2D eigenvalue weighted by Gasteiger charge is -2.34. The number of aliphatic hydroxyl groups excluding tert-OH is 1. The third kappa shape index (κ3) is 7.48. The van der Waals surface area contributed by atoms with Crippen molar-refractivity contribution in [1.29, 1.82) is 0 Å². The van der Waals surface area contributed by atoms with Gasteiger partial charge in [0.2, 0.25) is 11.8 Å². The number of aliphatic hydroxyl groups is 1. The minimum atomic E-state index is -0.520. The van der Waals surface area contributed by atoms with Crippen LogP contribution < -0.4 is 15.4 Å². The van der Waals surface area contributed by atoms with Gasteiger partial charge in [0.15, 0.2) is 0 Å². The number of ether oxygens (including phenoxy) is 1. The Labute approximate surface area is 267 Å². The highest BCUT2D eigenvalue weighted by molar-refractivity contribution is 5.96. The number of anilines is 2. The van der Waals surface area contributed by atoms with E-state index in [0.29, 0.717) is 29.2 Å². The second-order valence-electron chi connectivity index (χ2n) is 12.0. The minimum absolute atomic E-state index is 0.00698. The molecular weight excluding hydrogens is 589 g/mol. The zero-order valence-electron chi connectivity index (χ0n) is 26.5. The number of aromatic nitrogens is 1. The van der Waals surface area contributed by atoms with E-state index in [1.54, 1.807) is 37.1 Å². The van der Waals surface area contributed by atoms with Crippen LogP contribution in [-0.4, -0.2) is 76.2 Å². The van der Waals surface area contributed by atoms with Gasteiger partial charge in [-0.25, -0.2) is 9.18 Å². The number of carbonyl (C=O) groups is 3. The van der Waals surface area contributed by atoms with E-state index >= 15 is 0 Å². The van der Waals surface area contributed by atoms with Crippen molar-refractivity contribution in [2.75, 3.05) is 37.4 Å². The first-order valence-electron chi connectivity index (χ1n) is 15.3. The minimum Gasteiger partial charge on any atom is -0.488 e. The second-order valence-corrected chi connectivity index (χ2v) is 12.0. The van der Waals surface area contributed by atoms with E-state index < -0.39 is 24.0 Å². The summed E-state index contributed by atoms with van der Waals surface area (Å²) in [6, 6.07) is 17.8. The van der Waals surface area contributed by atoms with Gasteiger partial charge < -0.3 is 34.8 Å². The topological polar surface area (TPSA) is 116 Å². The van der Waals surface area contributed by atoms with Crippen LogP contribution in [0.3, 0.4) is 0 Å². The van der Waals surface area contributed by atoms with Crippen molar-refractivity contribution in [3.8, 4) is 5.75 Å². The number of para-hydroxylation sites is 1. The lowest BCUT2D eigenvalue weighted by molar-refractivity contribution is -0.134. The number of hydrogen-bond acceptors (Lipinski definition) is 5. The summed E-state index contributed by atoms with van der Waals surface area (Å²) in [5.74, 6) is -0.516. The SMILES string of the molecule is C[C@@H]1CN([C@H](C)CO)C(=O)Cc2cc(NC(=O)Cc3cn(C)c4ccccc34)ccc2O[C@@H]1CN(C)C(=O)Nc1ccc(F)cc1. The van der Waals surface area contributed by atoms with Crippen LogP contribution >= 0.6 is 0 Å². The fourth-order valence-corrected chi connectivity index (χ4v) is 5.77. The van der Waals surface area contributed by atoms with Crippen LogP contribution in [0.5, 0.6) is 5.75 Å². The van der Waals surface area contributed by atoms with Gasteiger partial charge in [-0.2, -0.15) is 0 Å². The van der Waals surface area contributed by atoms with Crippen LogP contribution in [0.1, 0.15) is 25.0 Å². The number of carbonyl (C=O) groups excluding carboxylic acids is 3. The highest BCUT2D eigenvalue weighted by Gasteiger charge is 2.32. The number of rotatable bonds is 8. The molecule has 5 rings (SSSR count). The first-order valence-corrected chi connectivity index (χ1v) is 15.3. The van der Waals surface area contributed by atoms with Crippen LogP contribution in [0, 0.1) is 11.7 Å². The van der Waals surface area contributed by atoms with Crippen molar-refractivity contribution in [1.82, 2.24) is 14.4 Å². The number of hydrogen-bond donors (Lipinski definition) is 3. The fourth-order valence-electron chi connectivity index (χ4n) is 5.77. The molecule has 0 saturated carbocycles. The highest BCUT2D eigenvalue weighted by atomic mass is 19.1. The molecule has 0 fully saturated rings. The molecule has 1 aliphatic heterocycles. The molecule has 3 atom stereocenters. The fraction of sp³-hybridized carbons (Fsp3) is 0.343. The predicted octanol–water partition coefficient (Wildman–Crippen LogP) is 4.81. The predicted molar refractivity (Wildman–Crippen MR) is 175 cm³/mol. The van der Waals surface area contributed by atoms with E-state index in [1.807, 2.05) is 49.0 Å². The zero-order valence-corrected chi connectivity index (χ0v) is 26.5. The largest absolute Gasteiger partial charge is 0.488 e. The maximum atomic E-state index is 13.6. The molecule has 4 amide bonds. The molecule has 46 heavy (non-hydrogen) atoms. The maximum absolute atomic E-state index is 13.6. The van der Waals surface area contributed by atoms with Gasteiger partial charge in [-0.15, -0.1) is 0 Å². The summed E-state index contributed by atoms with van der Waals surface area (Å²) in [6.45, 7) is 4.01. The van der Waals surface area contributed by atoms with Crippen molar-refractivity contribution in [2.24, 2.45) is 13.0 Å². The molecule has 242 valence electrons. The van der Waals surface area contributed by atoms with Gasteiger partial charge in [-0.1, -0.05) is 25.1 Å². The third-order valence-electron chi connectivity index (χ3n) is 8.43. The highest BCUT2D eigenvalue weighted by Crippen LogP contribution is 2.30. The first kappa shape index (κ1) is 32.5. The molecule has 11 heteroatoms. The van der Waals surface area contributed by atoms with E-state index in [2.05, 4.69) is 10.6 Å². The second kappa shape index (κ2) is 14.0. The molecule has 0 aliphatic carbocycles. The number of amides is 4. The van der Waals surface area contributed by atoms with Gasteiger partial charge >= 0.3 is 6.03 Å². The molecule has 0 saturated heterocycles. The number of urea groups is 1. The van der Waals surface area contributed by atoms with Gasteiger partial charge in [0.05, 0.1) is 32.0 Å². The van der Waals surface area contributed by atoms with Crippen molar-refractivity contribution < 1.29 is 28.6 Å². The molecule has 0 unspecified atom stereocenters. The third-order valence-corrected chi connectivity index (χ3v) is 8.43.